The zero-order valence-electron chi connectivity index (χ0n) is 16.0. The summed E-state index contributed by atoms with van der Waals surface area (Å²) in [6.07, 6.45) is 0. The van der Waals surface area contributed by atoms with Crippen LogP contribution in [0.3, 0.4) is 0 Å². The normalized spacial score (nSPS) is 12.5. The lowest BCUT2D eigenvalue weighted by Gasteiger charge is -2.34. The van der Waals surface area contributed by atoms with E-state index >= 15 is 0 Å². The maximum Gasteiger partial charge on any atom is 0.133 e. The molecule has 0 fully saturated rings. The molecule has 3 aromatic rings. The largest absolute Gasteiger partial charge is 0.133 e. The summed E-state index contributed by atoms with van der Waals surface area (Å²) in [6.45, 7) is 0. The van der Waals surface area contributed by atoms with Gasteiger partial charge >= 0.3 is 0 Å². The van der Waals surface area contributed by atoms with Crippen LogP contribution in [-0.4, -0.2) is 0 Å². The topological polar surface area (TPSA) is 0 Å². The summed E-state index contributed by atoms with van der Waals surface area (Å²) in [7, 11) is 0. The van der Waals surface area contributed by atoms with Crippen LogP contribution in [-0.2, 0) is 6.47 Å². The van der Waals surface area contributed by atoms with Crippen molar-refractivity contribution >= 4 is 207 Å². The van der Waals surface area contributed by atoms with E-state index in [9.17, 15) is 0 Å². The highest BCUT2D eigenvalue weighted by Gasteiger charge is 2.42. The molecule has 0 amide bonds. The van der Waals surface area contributed by atoms with Crippen LogP contribution in [0.25, 0.3) is 0 Å². The molecule has 0 aliphatic heterocycles. The molecule has 0 aliphatic rings. The van der Waals surface area contributed by atoms with Gasteiger partial charge in [0.2, 0.25) is 0 Å². The summed E-state index contributed by atoms with van der Waals surface area (Å²) in [5, 5.41) is 0. The summed E-state index contributed by atoms with van der Waals surface area (Å²) < 4.78 is 4.96. The van der Waals surface area contributed by atoms with Crippen molar-refractivity contribution in [1.82, 2.24) is 0 Å². The van der Waals surface area contributed by atoms with Gasteiger partial charge in [0, 0.05) is 36.9 Å². The Bertz CT molecular complexity index is 1260. The van der Waals surface area contributed by atoms with Gasteiger partial charge in [0.25, 0.3) is 0 Å². The number of alkyl halides is 6. The Hall–Kier alpha value is 3.90. The number of rotatable bonds is 5. The van der Waals surface area contributed by atoms with Crippen molar-refractivity contribution in [2.45, 2.75) is 10.2 Å². The fourth-order valence-electron chi connectivity index (χ4n) is 3.15. The molecule has 0 nitrogen and oxygen atoms in total. The van der Waals surface area contributed by atoms with Crippen molar-refractivity contribution in [3.8, 4) is 0 Å². The highest BCUT2D eigenvalue weighted by Crippen LogP contribution is 2.59. The lowest BCUT2D eigenvalue weighted by molar-refractivity contribution is 0.990. The molecule has 3 aromatic carbocycles. The standard InChI is InChI=1S/C21H7Br13/c22-11-5-3-9(15(25)17(11)27)20(31,32)8-2-1-7(19(29)30)14(24)13(8)21(33,34)10-4-6-12(23)18(28)16(10)26/h1-6,19H. The SMILES string of the molecule is Brc1ccc(C(Br)(Br)c2ccc(C(Br)Br)c(Br)c2C(Br)(Br)c2ccc(Br)c(Br)c2Br)c(Br)c1Br. The molecule has 0 N–H and O–H groups in total. The van der Waals surface area contributed by atoms with E-state index in [2.05, 4.69) is 231 Å². The molecule has 0 unspecified atom stereocenters. The summed E-state index contributed by atoms with van der Waals surface area (Å²) in [5.74, 6) is 0. The van der Waals surface area contributed by atoms with Gasteiger partial charge in [0.15, 0.2) is 0 Å². The van der Waals surface area contributed by atoms with Gasteiger partial charge in [-0.05, 0) is 130 Å². The Morgan fingerprint density at radius 3 is 1.32 bits per heavy atom. The van der Waals surface area contributed by atoms with Crippen LogP contribution in [0.4, 0.5) is 0 Å². The average Bonchev–Trinajstić information content (AvgIpc) is 2.74. The molecule has 34 heavy (non-hydrogen) atoms. The summed E-state index contributed by atoms with van der Waals surface area (Å²) in [4.78, 5) is 0. The molecule has 0 bridgehead atoms. The monoisotopic (exact) mass is 1280 g/mol. The minimum absolute atomic E-state index is 0.0494. The summed E-state index contributed by atoms with van der Waals surface area (Å²) in [5.41, 5.74) is 4.97. The molecule has 182 valence electrons. The van der Waals surface area contributed by atoms with E-state index in [4.69, 9.17) is 0 Å². The number of benzene rings is 3. The zero-order valence-corrected chi connectivity index (χ0v) is 36.6. The van der Waals surface area contributed by atoms with Crippen LogP contribution in [0.5, 0.6) is 0 Å². The molecule has 0 saturated heterocycles. The van der Waals surface area contributed by atoms with E-state index in [0.29, 0.717) is 0 Å². The Balaban J connectivity index is 2.41. The molecule has 0 atom stereocenters. The molecule has 13 heteroatoms. The van der Waals surface area contributed by atoms with Crippen LogP contribution in [0.15, 0.2) is 67.7 Å². The highest BCUT2D eigenvalue weighted by molar-refractivity contribution is 9.25. The van der Waals surface area contributed by atoms with Gasteiger partial charge in [-0.15, -0.1) is 0 Å². The van der Waals surface area contributed by atoms with Gasteiger partial charge in [-0.3, -0.25) is 0 Å². The lowest BCUT2D eigenvalue weighted by atomic mass is 9.93. The van der Waals surface area contributed by atoms with Gasteiger partial charge in [-0.2, -0.15) is 0 Å². The van der Waals surface area contributed by atoms with Gasteiger partial charge in [-0.25, -0.2) is 0 Å². The van der Waals surface area contributed by atoms with Crippen LogP contribution in [0, 0.1) is 0 Å². The van der Waals surface area contributed by atoms with Crippen molar-refractivity contribution in [1.29, 1.82) is 0 Å². The van der Waals surface area contributed by atoms with E-state index in [1.807, 2.05) is 12.1 Å². The highest BCUT2D eigenvalue weighted by atomic mass is 79.9. The first kappa shape index (κ1) is 32.4. The Labute approximate surface area is 307 Å². The van der Waals surface area contributed by atoms with E-state index < -0.39 is 6.47 Å². The second kappa shape index (κ2) is 12.8. The molecule has 0 spiro atoms. The number of hydrogen-bond donors (Lipinski definition) is 0. The molecular weight excluding hydrogens is 1290 g/mol. The third-order valence-corrected chi connectivity index (χ3v) is 16.7. The maximum absolute atomic E-state index is 4.02. The van der Waals surface area contributed by atoms with Crippen LogP contribution in [0.1, 0.15) is 31.6 Å². The molecule has 0 aliphatic carbocycles. The predicted molar refractivity (Wildman–Crippen MR) is 191 cm³/mol. The second-order valence-corrected chi connectivity index (χ2v) is 22.4. The fraction of sp³-hybridized carbons (Fsp3) is 0.143. The van der Waals surface area contributed by atoms with E-state index in [1.165, 1.54) is 0 Å². The quantitative estimate of drug-likeness (QED) is 0.176. The van der Waals surface area contributed by atoms with Gasteiger partial charge in [-0.1, -0.05) is 136 Å². The van der Waals surface area contributed by atoms with Crippen LogP contribution >= 0.6 is 207 Å². The minimum atomic E-state index is -0.771. The van der Waals surface area contributed by atoms with Gasteiger partial charge in [0.1, 0.15) is 6.47 Å². The first-order valence-corrected chi connectivity index (χ1v) is 19.3. The van der Waals surface area contributed by atoms with Gasteiger partial charge in [0.05, 0.1) is 3.74 Å². The smallest absolute Gasteiger partial charge is 0.0712 e. The third kappa shape index (κ3) is 6.36. The first-order chi connectivity index (χ1) is 15.6. The molecule has 0 radical (unpaired) electrons. The van der Waals surface area contributed by atoms with Crippen molar-refractivity contribution in [2.24, 2.45) is 0 Å². The number of halogens is 13. The van der Waals surface area contributed by atoms with Crippen molar-refractivity contribution in [3.63, 3.8) is 0 Å². The second-order valence-electron chi connectivity index (χ2n) is 6.79. The maximum atomic E-state index is 4.02. The predicted octanol–water partition coefficient (Wildman–Crippen LogP) is 14.8. The zero-order chi connectivity index (χ0) is 25.7. The Morgan fingerprint density at radius 1 is 0.471 bits per heavy atom. The van der Waals surface area contributed by atoms with Crippen LogP contribution < -0.4 is 0 Å². The molecule has 0 heterocycles. The molecule has 3 rings (SSSR count). The van der Waals surface area contributed by atoms with E-state index in [-0.39, 0.29) is 3.74 Å². The van der Waals surface area contributed by atoms with Crippen molar-refractivity contribution in [3.05, 3.63) is 95.5 Å². The molecular formula is C21H7Br13. The Morgan fingerprint density at radius 2 is 0.882 bits per heavy atom. The Kier molecular flexibility index (Phi) is 12.2. The van der Waals surface area contributed by atoms with Gasteiger partial charge < -0.3 is 0 Å². The average molecular weight is 1300 g/mol. The van der Waals surface area contributed by atoms with E-state index in [1.54, 1.807) is 0 Å². The summed E-state index contributed by atoms with van der Waals surface area (Å²) in [6, 6.07) is 12.3. The minimum Gasteiger partial charge on any atom is -0.0712 e. The summed E-state index contributed by atoms with van der Waals surface area (Å²) >= 11 is 49.3. The van der Waals surface area contributed by atoms with Crippen LogP contribution in [0.2, 0.25) is 0 Å². The van der Waals surface area contributed by atoms with E-state index in [0.717, 1.165) is 59.1 Å². The number of hydrogen-bond acceptors (Lipinski definition) is 0. The fourth-order valence-corrected chi connectivity index (χ4v) is 13.0. The van der Waals surface area contributed by atoms with Crippen molar-refractivity contribution < 1.29 is 0 Å². The first-order valence-electron chi connectivity index (χ1n) is 8.79. The molecule has 0 saturated carbocycles. The van der Waals surface area contributed by atoms with Crippen molar-refractivity contribution in [2.75, 3.05) is 0 Å². The third-order valence-electron chi connectivity index (χ3n) is 4.81. The molecule has 0 aromatic heterocycles. The lowest BCUT2D eigenvalue weighted by Crippen LogP contribution is -2.23.